The molecular weight excluding hydrogens is 606 g/mol. The minimum Gasteiger partial charge on any atom is -0.490 e. The average molecular weight is 652 g/mol. The SMILES string of the molecule is C=S1(=O)NC(=O)c2ccc3c(c2)N(C[C@@H]2CC[C@H]2/C=C/[C@@H](CC(=O)NC)C[C@H](C)[C@H]1C)C[C@@]1(CCCc2cc(Cl)ccc21)CO3. The van der Waals surface area contributed by atoms with Gasteiger partial charge in [-0.15, -0.1) is 0 Å². The number of ether oxygens (including phenoxy) is 1. The molecule has 2 bridgehead atoms. The predicted octanol–water partition coefficient (Wildman–Crippen LogP) is 5.94. The van der Waals surface area contributed by atoms with Gasteiger partial charge in [0.25, 0.3) is 5.91 Å². The Morgan fingerprint density at radius 2 is 2.02 bits per heavy atom. The van der Waals surface area contributed by atoms with Crippen LogP contribution in [0.5, 0.6) is 5.75 Å². The van der Waals surface area contributed by atoms with Crippen LogP contribution in [0.25, 0.3) is 0 Å². The Labute approximate surface area is 273 Å². The fourth-order valence-electron chi connectivity index (χ4n) is 7.84. The lowest BCUT2D eigenvalue weighted by Gasteiger charge is -2.44. The number of benzene rings is 2. The van der Waals surface area contributed by atoms with E-state index in [2.05, 4.69) is 45.1 Å². The first kappa shape index (κ1) is 32.0. The Bertz CT molecular complexity index is 1610. The normalized spacial score (nSPS) is 33.8. The van der Waals surface area contributed by atoms with Gasteiger partial charge in [0.15, 0.2) is 0 Å². The third-order valence-electron chi connectivity index (χ3n) is 10.9. The summed E-state index contributed by atoms with van der Waals surface area (Å²) in [5.41, 5.74) is 3.73. The molecule has 242 valence electrons. The molecule has 1 fully saturated rings. The molecule has 9 heteroatoms. The molecule has 0 aromatic heterocycles. The molecule has 1 unspecified atom stereocenters. The maximum atomic E-state index is 13.9. The van der Waals surface area contributed by atoms with E-state index in [4.69, 9.17) is 16.3 Å². The van der Waals surface area contributed by atoms with Gasteiger partial charge in [0.1, 0.15) is 5.75 Å². The highest BCUT2D eigenvalue weighted by Gasteiger charge is 2.43. The van der Waals surface area contributed by atoms with Gasteiger partial charge >= 0.3 is 0 Å². The molecule has 4 aliphatic rings. The molecule has 2 aromatic carbocycles. The van der Waals surface area contributed by atoms with Crippen molar-refractivity contribution in [3.63, 3.8) is 0 Å². The number of rotatable bonds is 2. The largest absolute Gasteiger partial charge is 0.490 e. The van der Waals surface area contributed by atoms with E-state index in [1.807, 2.05) is 32.0 Å². The first-order valence-electron chi connectivity index (χ1n) is 16.4. The Morgan fingerprint density at radius 3 is 2.78 bits per heavy atom. The van der Waals surface area contributed by atoms with Crippen molar-refractivity contribution in [3.8, 4) is 5.75 Å². The fraction of sp³-hybridized carbons (Fsp3) is 0.528. The quantitative estimate of drug-likeness (QED) is 0.310. The lowest BCUT2D eigenvalue weighted by atomic mass is 9.69. The minimum absolute atomic E-state index is 0.00205. The first-order valence-corrected chi connectivity index (χ1v) is 18.5. The number of halogens is 1. The van der Waals surface area contributed by atoms with Gasteiger partial charge in [0.2, 0.25) is 5.91 Å². The second-order valence-electron chi connectivity index (χ2n) is 13.9. The van der Waals surface area contributed by atoms with Crippen LogP contribution in [-0.4, -0.2) is 53.9 Å². The maximum absolute atomic E-state index is 13.9. The van der Waals surface area contributed by atoms with Crippen LogP contribution >= 0.6 is 11.6 Å². The fourth-order valence-corrected chi connectivity index (χ4v) is 9.51. The zero-order chi connectivity index (χ0) is 31.9. The molecule has 2 heterocycles. The highest BCUT2D eigenvalue weighted by molar-refractivity contribution is 7.99. The number of fused-ring (bicyclic) bond motifs is 4. The van der Waals surface area contributed by atoms with Crippen LogP contribution in [0.2, 0.25) is 5.02 Å². The van der Waals surface area contributed by atoms with Gasteiger partial charge in [-0.1, -0.05) is 36.7 Å². The summed E-state index contributed by atoms with van der Waals surface area (Å²) in [4.78, 5) is 28.5. The number of anilines is 1. The summed E-state index contributed by atoms with van der Waals surface area (Å²) in [6.07, 6.45) is 10.9. The van der Waals surface area contributed by atoms with Crippen molar-refractivity contribution in [1.29, 1.82) is 0 Å². The van der Waals surface area contributed by atoms with Gasteiger partial charge < -0.3 is 15.0 Å². The van der Waals surface area contributed by atoms with Gasteiger partial charge in [0.05, 0.1) is 22.0 Å². The summed E-state index contributed by atoms with van der Waals surface area (Å²) < 4.78 is 23.3. The molecule has 0 saturated heterocycles. The molecule has 2 amide bonds. The van der Waals surface area contributed by atoms with E-state index in [0.717, 1.165) is 61.7 Å². The number of nitrogens with one attached hydrogen (secondary N) is 2. The van der Waals surface area contributed by atoms with Gasteiger partial charge in [-0.3, -0.25) is 14.3 Å². The highest BCUT2D eigenvalue weighted by atomic mass is 35.5. The van der Waals surface area contributed by atoms with E-state index >= 15 is 0 Å². The molecule has 2 N–H and O–H groups in total. The van der Waals surface area contributed by atoms with Crippen LogP contribution in [0, 0.1) is 23.7 Å². The smallest absolute Gasteiger partial charge is 0.262 e. The predicted molar refractivity (Wildman–Crippen MR) is 184 cm³/mol. The Hall–Kier alpha value is -2.97. The van der Waals surface area contributed by atoms with E-state index in [1.165, 1.54) is 11.1 Å². The van der Waals surface area contributed by atoms with Crippen LogP contribution in [0.1, 0.15) is 73.9 Å². The molecular formula is C36H46ClN3O4S. The Balaban J connectivity index is 1.41. The van der Waals surface area contributed by atoms with Gasteiger partial charge in [-0.05, 0) is 116 Å². The van der Waals surface area contributed by atoms with Crippen LogP contribution in [-0.2, 0) is 26.3 Å². The molecule has 2 aliphatic carbocycles. The standard InChI is InChI=1S/C36H46ClN3O4S/c1-23-16-25(17-34(41)38-3)7-8-26-9-10-29(26)20-40-21-36(15-5-6-27-18-30(37)12-13-31(27)36)22-44-33-14-11-28(19-32(33)40)35(42)39-45(4,43)24(23)2/h7-8,11-14,18-19,23-26,29H,4-6,9-10,15-17,20-22H2,1-3H3,(H,38,41)(H,39,42,43)/b8-7+/t23-,24+,25+,26+,29-,36-,45?/m0/s1. The number of carbonyl (C=O) groups excluding carboxylic acids is 2. The lowest BCUT2D eigenvalue weighted by molar-refractivity contribution is -0.121. The van der Waals surface area contributed by atoms with Crippen LogP contribution < -0.4 is 19.7 Å². The molecule has 1 spiro atoms. The van der Waals surface area contributed by atoms with Crippen molar-refractivity contribution < 1.29 is 18.5 Å². The average Bonchev–Trinajstić information content (AvgIpc) is 3.14. The summed E-state index contributed by atoms with van der Waals surface area (Å²) in [7, 11) is -1.32. The topological polar surface area (TPSA) is 87.7 Å². The number of hydrogen-bond acceptors (Lipinski definition) is 5. The monoisotopic (exact) mass is 651 g/mol. The number of allylic oxidation sites excluding steroid dienone is 2. The van der Waals surface area contributed by atoms with Gasteiger partial charge in [-0.2, -0.15) is 0 Å². The van der Waals surface area contributed by atoms with Gasteiger partial charge in [-0.25, -0.2) is 4.21 Å². The first-order chi connectivity index (χ1) is 21.5. The van der Waals surface area contributed by atoms with Crippen LogP contribution in [0.4, 0.5) is 5.69 Å². The summed E-state index contributed by atoms with van der Waals surface area (Å²) >= 11 is 6.43. The summed E-state index contributed by atoms with van der Waals surface area (Å²) in [6, 6.07) is 11.8. The van der Waals surface area contributed by atoms with Gasteiger partial charge in [0, 0.05) is 47.8 Å². The molecule has 1 saturated carbocycles. The van der Waals surface area contributed by atoms with Crippen LogP contribution in [0.3, 0.4) is 0 Å². The van der Waals surface area contributed by atoms with E-state index in [9.17, 15) is 13.8 Å². The number of nitrogens with zero attached hydrogens (tertiary/aromatic N) is 1. The zero-order valence-electron chi connectivity index (χ0n) is 26.7. The lowest BCUT2D eigenvalue weighted by Crippen LogP contribution is -2.48. The molecule has 0 radical (unpaired) electrons. The van der Waals surface area contributed by atoms with Crippen molar-refractivity contribution in [3.05, 3.63) is 70.3 Å². The molecule has 2 aliphatic heterocycles. The zero-order valence-corrected chi connectivity index (χ0v) is 28.2. The summed E-state index contributed by atoms with van der Waals surface area (Å²) in [6.45, 7) is 6.07. The maximum Gasteiger partial charge on any atom is 0.262 e. The number of aryl methyl sites for hydroxylation is 1. The molecule has 45 heavy (non-hydrogen) atoms. The molecule has 6 rings (SSSR count). The Kier molecular flexibility index (Phi) is 9.01. The van der Waals surface area contributed by atoms with Crippen molar-refractivity contribution >= 4 is 44.7 Å². The summed E-state index contributed by atoms with van der Waals surface area (Å²) in [5, 5.41) is 3.14. The van der Waals surface area contributed by atoms with Crippen molar-refractivity contribution in [1.82, 2.24) is 10.0 Å². The van der Waals surface area contributed by atoms with Crippen molar-refractivity contribution in [2.75, 3.05) is 31.6 Å². The number of carbonyl (C=O) groups is 2. The third-order valence-corrected chi connectivity index (χ3v) is 13.4. The van der Waals surface area contributed by atoms with E-state index < -0.39 is 15.6 Å². The van der Waals surface area contributed by atoms with E-state index in [0.29, 0.717) is 36.8 Å². The summed E-state index contributed by atoms with van der Waals surface area (Å²) in [5.74, 6) is 5.18. The molecule has 2 aromatic rings. The third kappa shape index (κ3) is 6.50. The Morgan fingerprint density at radius 1 is 1.20 bits per heavy atom. The molecule has 7 atom stereocenters. The van der Waals surface area contributed by atoms with Crippen molar-refractivity contribution in [2.45, 2.75) is 69.5 Å². The van der Waals surface area contributed by atoms with E-state index in [-0.39, 0.29) is 28.4 Å². The second kappa shape index (κ2) is 12.7. The number of amides is 2. The number of hydrogen-bond donors (Lipinski definition) is 2. The highest BCUT2D eigenvalue weighted by Crippen LogP contribution is 2.46. The van der Waals surface area contributed by atoms with Crippen LogP contribution in [0.15, 0.2) is 48.6 Å². The molecule has 7 nitrogen and oxygen atoms in total. The van der Waals surface area contributed by atoms with E-state index in [1.54, 1.807) is 13.1 Å². The second-order valence-corrected chi connectivity index (χ2v) is 16.7. The van der Waals surface area contributed by atoms with Crippen molar-refractivity contribution in [2.24, 2.45) is 23.7 Å². The minimum atomic E-state index is -2.98.